The van der Waals surface area contributed by atoms with E-state index in [1.54, 1.807) is 0 Å². The van der Waals surface area contributed by atoms with E-state index in [9.17, 15) is 0 Å². The van der Waals surface area contributed by atoms with E-state index in [1.165, 1.54) is 51.6 Å². The molecule has 2 N–H and O–H groups in total. The van der Waals surface area contributed by atoms with Crippen molar-refractivity contribution in [3.8, 4) is 0 Å². The van der Waals surface area contributed by atoms with E-state index in [4.69, 9.17) is 0 Å². The van der Waals surface area contributed by atoms with Crippen molar-refractivity contribution >= 4 is 0 Å². The van der Waals surface area contributed by atoms with Crippen LogP contribution in [0.5, 0.6) is 0 Å². The molecule has 1 saturated carbocycles. The molecule has 2 fully saturated rings. The normalized spacial score (nSPS) is 32.8. The lowest BCUT2D eigenvalue weighted by atomic mass is 9.73. The molecule has 1 aliphatic carbocycles. The topological polar surface area (TPSA) is 24.1 Å². The Morgan fingerprint density at radius 1 is 1.07 bits per heavy atom. The van der Waals surface area contributed by atoms with Crippen molar-refractivity contribution in [2.75, 3.05) is 13.1 Å². The Kier molecular flexibility index (Phi) is 3.68. The van der Waals surface area contributed by atoms with Crippen molar-refractivity contribution in [1.82, 2.24) is 10.6 Å². The van der Waals surface area contributed by atoms with Crippen LogP contribution in [0.1, 0.15) is 52.4 Å². The van der Waals surface area contributed by atoms with E-state index in [0.717, 1.165) is 12.1 Å². The Hall–Kier alpha value is -0.0800. The molecule has 0 aromatic heterocycles. The fraction of sp³-hybridized carbons (Fsp3) is 1.00. The fourth-order valence-electron chi connectivity index (χ4n) is 3.08. The maximum absolute atomic E-state index is 3.91. The average Bonchev–Trinajstić information content (AvgIpc) is 2.23. The molecule has 1 unspecified atom stereocenters. The minimum Gasteiger partial charge on any atom is -0.317 e. The first-order chi connectivity index (χ1) is 7.18. The zero-order chi connectivity index (χ0) is 10.7. The Balaban J connectivity index is 1.85. The lowest BCUT2D eigenvalue weighted by Crippen LogP contribution is -2.51. The summed E-state index contributed by atoms with van der Waals surface area (Å²) >= 11 is 0. The summed E-state index contributed by atoms with van der Waals surface area (Å²) in [4.78, 5) is 0. The van der Waals surface area contributed by atoms with Crippen molar-refractivity contribution < 1.29 is 0 Å². The van der Waals surface area contributed by atoms with E-state index in [0.29, 0.717) is 5.41 Å². The van der Waals surface area contributed by atoms with Gasteiger partial charge in [-0.05, 0) is 44.2 Å². The summed E-state index contributed by atoms with van der Waals surface area (Å²) in [5.41, 5.74) is 0.517. The first kappa shape index (κ1) is 11.4. The third kappa shape index (κ3) is 2.94. The zero-order valence-corrected chi connectivity index (χ0v) is 10.3. The molecule has 0 radical (unpaired) electrons. The molecule has 2 nitrogen and oxygen atoms in total. The predicted molar refractivity (Wildman–Crippen MR) is 65.1 cm³/mol. The quantitative estimate of drug-likeness (QED) is 0.731. The highest BCUT2D eigenvalue weighted by atomic mass is 15.0. The van der Waals surface area contributed by atoms with Crippen molar-refractivity contribution in [3.05, 3.63) is 0 Å². The summed E-state index contributed by atoms with van der Waals surface area (Å²) in [6.45, 7) is 7.27. The summed E-state index contributed by atoms with van der Waals surface area (Å²) in [6.07, 6.45) is 8.26. The molecule has 0 spiro atoms. The van der Waals surface area contributed by atoms with Gasteiger partial charge in [0.25, 0.3) is 0 Å². The maximum atomic E-state index is 3.91. The molecule has 2 heteroatoms. The van der Waals surface area contributed by atoms with Crippen LogP contribution in [0.2, 0.25) is 0 Å². The second-order valence-electron chi connectivity index (χ2n) is 5.98. The molecule has 1 atom stereocenters. The van der Waals surface area contributed by atoms with Gasteiger partial charge >= 0.3 is 0 Å². The van der Waals surface area contributed by atoms with Gasteiger partial charge in [-0.2, -0.15) is 0 Å². The Bertz CT molecular complexity index is 195. The highest BCUT2D eigenvalue weighted by Crippen LogP contribution is 2.35. The molecule has 0 aromatic rings. The van der Waals surface area contributed by atoms with Gasteiger partial charge in [-0.15, -0.1) is 0 Å². The molecular formula is C13H26N2. The standard InChI is InChI=1S/C13H26N2/c1-13(2)8-4-3-5-12(13)15-11-6-9-14-10-7-11/h11-12,14-15H,3-10H2,1-2H3. The number of hydrogen-bond donors (Lipinski definition) is 2. The van der Waals surface area contributed by atoms with Crippen LogP contribution in [-0.4, -0.2) is 25.2 Å². The van der Waals surface area contributed by atoms with Gasteiger partial charge in [0.1, 0.15) is 0 Å². The van der Waals surface area contributed by atoms with Crippen molar-refractivity contribution in [3.63, 3.8) is 0 Å². The Morgan fingerprint density at radius 3 is 2.47 bits per heavy atom. The predicted octanol–water partition coefficient (Wildman–Crippen LogP) is 2.30. The van der Waals surface area contributed by atoms with Gasteiger partial charge in [0, 0.05) is 12.1 Å². The van der Waals surface area contributed by atoms with Gasteiger partial charge in [0.05, 0.1) is 0 Å². The molecule has 1 heterocycles. The molecular weight excluding hydrogens is 184 g/mol. The Morgan fingerprint density at radius 2 is 1.80 bits per heavy atom. The van der Waals surface area contributed by atoms with Gasteiger partial charge in [-0.25, -0.2) is 0 Å². The summed E-state index contributed by atoms with van der Waals surface area (Å²) in [6, 6.07) is 1.53. The van der Waals surface area contributed by atoms with Crippen molar-refractivity contribution in [2.45, 2.75) is 64.5 Å². The van der Waals surface area contributed by atoms with E-state index in [2.05, 4.69) is 24.5 Å². The molecule has 88 valence electrons. The smallest absolute Gasteiger partial charge is 0.0121 e. The third-order valence-corrected chi connectivity index (χ3v) is 4.28. The second kappa shape index (κ2) is 4.84. The van der Waals surface area contributed by atoms with E-state index < -0.39 is 0 Å². The molecule has 0 bridgehead atoms. The molecule has 1 saturated heterocycles. The fourth-order valence-corrected chi connectivity index (χ4v) is 3.08. The van der Waals surface area contributed by atoms with Crippen molar-refractivity contribution in [2.24, 2.45) is 5.41 Å². The summed E-state index contributed by atoms with van der Waals surface area (Å²) in [7, 11) is 0. The first-order valence-electron chi connectivity index (χ1n) is 6.65. The monoisotopic (exact) mass is 210 g/mol. The van der Waals surface area contributed by atoms with Gasteiger partial charge in [-0.3, -0.25) is 0 Å². The minimum atomic E-state index is 0.517. The SMILES string of the molecule is CC1(C)CCCCC1NC1CCNCC1. The molecule has 15 heavy (non-hydrogen) atoms. The van der Waals surface area contributed by atoms with Crippen LogP contribution < -0.4 is 10.6 Å². The van der Waals surface area contributed by atoms with Crippen LogP contribution in [-0.2, 0) is 0 Å². The average molecular weight is 210 g/mol. The van der Waals surface area contributed by atoms with E-state index in [-0.39, 0.29) is 0 Å². The molecule has 1 aliphatic heterocycles. The van der Waals surface area contributed by atoms with Gasteiger partial charge in [0.15, 0.2) is 0 Å². The van der Waals surface area contributed by atoms with Gasteiger partial charge < -0.3 is 10.6 Å². The van der Waals surface area contributed by atoms with Gasteiger partial charge in [-0.1, -0.05) is 26.7 Å². The zero-order valence-electron chi connectivity index (χ0n) is 10.3. The van der Waals surface area contributed by atoms with Crippen LogP contribution in [0.25, 0.3) is 0 Å². The van der Waals surface area contributed by atoms with Crippen LogP contribution in [0.15, 0.2) is 0 Å². The molecule has 0 aromatic carbocycles. The highest BCUT2D eigenvalue weighted by molar-refractivity contribution is 4.90. The molecule has 0 amide bonds. The molecule has 2 aliphatic rings. The number of hydrogen-bond acceptors (Lipinski definition) is 2. The highest BCUT2D eigenvalue weighted by Gasteiger charge is 2.33. The largest absolute Gasteiger partial charge is 0.317 e. The maximum Gasteiger partial charge on any atom is 0.0121 e. The van der Waals surface area contributed by atoms with Crippen molar-refractivity contribution in [1.29, 1.82) is 0 Å². The lowest BCUT2D eigenvalue weighted by molar-refractivity contribution is 0.148. The summed E-state index contributed by atoms with van der Waals surface area (Å²) in [5.74, 6) is 0. The second-order valence-corrected chi connectivity index (χ2v) is 5.98. The van der Waals surface area contributed by atoms with Crippen LogP contribution in [0.4, 0.5) is 0 Å². The lowest BCUT2D eigenvalue weighted by Gasteiger charge is -2.42. The minimum absolute atomic E-state index is 0.517. The molecule has 2 rings (SSSR count). The summed E-state index contributed by atoms with van der Waals surface area (Å²) in [5, 5.41) is 7.34. The van der Waals surface area contributed by atoms with Gasteiger partial charge in [0.2, 0.25) is 0 Å². The number of piperidine rings is 1. The van der Waals surface area contributed by atoms with Crippen LogP contribution in [0.3, 0.4) is 0 Å². The van der Waals surface area contributed by atoms with E-state index >= 15 is 0 Å². The van der Waals surface area contributed by atoms with E-state index in [1.807, 2.05) is 0 Å². The summed E-state index contributed by atoms with van der Waals surface area (Å²) < 4.78 is 0. The Labute approximate surface area is 94.2 Å². The van der Waals surface area contributed by atoms with Crippen LogP contribution in [0, 0.1) is 5.41 Å². The van der Waals surface area contributed by atoms with Crippen LogP contribution >= 0.6 is 0 Å². The number of nitrogens with one attached hydrogen (secondary N) is 2. The number of rotatable bonds is 2. The first-order valence-corrected chi connectivity index (χ1v) is 6.65. The third-order valence-electron chi connectivity index (χ3n) is 4.28.